The van der Waals surface area contributed by atoms with Gasteiger partial charge >= 0.3 is 0 Å². The first kappa shape index (κ1) is 21.9. The molecule has 2 aromatic carbocycles. The van der Waals surface area contributed by atoms with Crippen LogP contribution in [-0.2, 0) is 11.2 Å². The van der Waals surface area contributed by atoms with Crippen molar-refractivity contribution in [1.29, 1.82) is 0 Å². The normalized spacial score (nSPS) is 17.8. The van der Waals surface area contributed by atoms with E-state index in [1.165, 1.54) is 23.9 Å². The lowest BCUT2D eigenvalue weighted by atomic mass is 10.0. The molecular formula is C25H22F2N2O3S. The molecule has 2 aliphatic rings. The third kappa shape index (κ3) is 3.98. The van der Waals surface area contributed by atoms with E-state index in [9.17, 15) is 18.4 Å². The molecule has 1 atom stereocenters. The van der Waals surface area contributed by atoms with Gasteiger partial charge in [-0.2, -0.15) is 0 Å². The maximum atomic E-state index is 14.1. The summed E-state index contributed by atoms with van der Waals surface area (Å²) >= 11 is 1.52. The Balaban J connectivity index is 1.72. The molecule has 0 N–H and O–H groups in total. The van der Waals surface area contributed by atoms with Crippen molar-refractivity contribution in [2.24, 2.45) is 0 Å². The van der Waals surface area contributed by atoms with Gasteiger partial charge in [-0.3, -0.25) is 9.59 Å². The van der Waals surface area contributed by atoms with Crippen LogP contribution in [0.5, 0.6) is 0 Å². The Labute approximate surface area is 194 Å². The molecule has 0 radical (unpaired) electrons. The number of halogens is 2. The van der Waals surface area contributed by atoms with Crippen LogP contribution >= 0.6 is 11.8 Å². The molecule has 0 spiro atoms. The maximum absolute atomic E-state index is 14.1. The van der Waals surface area contributed by atoms with Crippen LogP contribution in [0.2, 0.25) is 0 Å². The van der Waals surface area contributed by atoms with E-state index in [-0.39, 0.29) is 22.1 Å². The van der Waals surface area contributed by atoms with Crippen LogP contribution in [0, 0.1) is 18.6 Å². The van der Waals surface area contributed by atoms with Crippen LogP contribution in [0.25, 0.3) is 5.69 Å². The average molecular weight is 469 g/mol. The monoisotopic (exact) mass is 468 g/mol. The number of morpholine rings is 1. The van der Waals surface area contributed by atoms with Crippen molar-refractivity contribution in [2.75, 3.05) is 26.3 Å². The number of ether oxygens (including phenoxy) is 1. The van der Waals surface area contributed by atoms with Crippen molar-refractivity contribution in [2.45, 2.75) is 23.5 Å². The zero-order valence-electron chi connectivity index (χ0n) is 18.0. The lowest BCUT2D eigenvalue weighted by Gasteiger charge is -2.28. The smallest absolute Gasteiger partial charge is 0.259 e. The quantitative estimate of drug-likeness (QED) is 0.563. The summed E-state index contributed by atoms with van der Waals surface area (Å²) in [5, 5.41) is -0.313. The van der Waals surface area contributed by atoms with Gasteiger partial charge in [0.15, 0.2) is 17.1 Å². The number of carbonyl (C=O) groups excluding carboxylic acids is 1. The fourth-order valence-corrected chi connectivity index (χ4v) is 5.75. The van der Waals surface area contributed by atoms with Crippen molar-refractivity contribution >= 4 is 17.7 Å². The van der Waals surface area contributed by atoms with Crippen LogP contribution in [-0.4, -0.2) is 41.7 Å². The summed E-state index contributed by atoms with van der Waals surface area (Å²) in [6.07, 6.45) is 0.312. The minimum absolute atomic E-state index is 0.132. The highest BCUT2D eigenvalue weighted by atomic mass is 32.2. The van der Waals surface area contributed by atoms with Crippen molar-refractivity contribution < 1.29 is 18.3 Å². The van der Waals surface area contributed by atoms with E-state index in [1.807, 2.05) is 35.8 Å². The van der Waals surface area contributed by atoms with E-state index in [0.29, 0.717) is 49.7 Å². The number of para-hydroxylation sites is 1. The lowest BCUT2D eigenvalue weighted by Crippen LogP contribution is -2.43. The predicted molar refractivity (Wildman–Crippen MR) is 122 cm³/mol. The zero-order valence-corrected chi connectivity index (χ0v) is 18.8. The Morgan fingerprint density at radius 3 is 2.58 bits per heavy atom. The van der Waals surface area contributed by atoms with Gasteiger partial charge in [-0.05, 0) is 36.8 Å². The molecule has 2 aliphatic heterocycles. The first-order valence-electron chi connectivity index (χ1n) is 10.8. The minimum Gasteiger partial charge on any atom is -0.378 e. The Hall–Kier alpha value is -2.97. The van der Waals surface area contributed by atoms with Crippen LogP contribution in [0.4, 0.5) is 8.78 Å². The Morgan fingerprint density at radius 2 is 1.82 bits per heavy atom. The van der Waals surface area contributed by atoms with Crippen molar-refractivity contribution in [1.82, 2.24) is 9.47 Å². The number of nitrogens with zero attached hydrogens (tertiary/aromatic N) is 2. The summed E-state index contributed by atoms with van der Waals surface area (Å²) in [6, 6.07) is 13.1. The second-order valence-electron chi connectivity index (χ2n) is 8.16. The third-order valence-corrected chi connectivity index (χ3v) is 7.40. The van der Waals surface area contributed by atoms with Crippen molar-refractivity contribution in [3.8, 4) is 5.69 Å². The summed E-state index contributed by atoms with van der Waals surface area (Å²) < 4.78 is 35.0. The molecule has 1 aromatic heterocycles. The van der Waals surface area contributed by atoms with Gasteiger partial charge in [0.25, 0.3) is 5.91 Å². The molecule has 33 heavy (non-hydrogen) atoms. The highest BCUT2D eigenvalue weighted by molar-refractivity contribution is 7.99. The number of carbonyl (C=O) groups is 1. The molecule has 1 fully saturated rings. The molecule has 5 rings (SSSR count). The van der Waals surface area contributed by atoms with Crippen LogP contribution < -0.4 is 5.43 Å². The first-order valence-corrected chi connectivity index (χ1v) is 11.7. The van der Waals surface area contributed by atoms with E-state index in [1.54, 1.807) is 11.0 Å². The number of thioether (sulfide) groups is 1. The second-order valence-corrected chi connectivity index (χ2v) is 9.41. The number of aryl methyl sites for hydroxylation is 1. The number of hydrogen-bond acceptors (Lipinski definition) is 4. The van der Waals surface area contributed by atoms with Crippen LogP contribution in [0.1, 0.15) is 32.6 Å². The number of aromatic nitrogens is 1. The number of rotatable bonds is 2. The van der Waals surface area contributed by atoms with Gasteiger partial charge in [0.2, 0.25) is 0 Å². The lowest BCUT2D eigenvalue weighted by molar-refractivity contribution is 0.0300. The number of pyridine rings is 1. The molecule has 1 saturated heterocycles. The van der Waals surface area contributed by atoms with Crippen molar-refractivity contribution in [3.05, 3.63) is 92.9 Å². The first-order chi connectivity index (χ1) is 15.9. The molecule has 3 heterocycles. The van der Waals surface area contributed by atoms with E-state index in [4.69, 9.17) is 4.74 Å². The van der Waals surface area contributed by atoms with Crippen molar-refractivity contribution in [3.63, 3.8) is 0 Å². The third-order valence-electron chi connectivity index (χ3n) is 6.08. The number of hydrogen-bond donors (Lipinski definition) is 0. The second kappa shape index (κ2) is 8.76. The van der Waals surface area contributed by atoms with Gasteiger partial charge in [-0.1, -0.05) is 18.2 Å². The number of amides is 1. The summed E-state index contributed by atoms with van der Waals surface area (Å²) in [6.45, 7) is 3.54. The van der Waals surface area contributed by atoms with Gasteiger partial charge in [-0.15, -0.1) is 11.8 Å². The van der Waals surface area contributed by atoms with E-state index >= 15 is 0 Å². The highest BCUT2D eigenvalue weighted by Gasteiger charge is 2.31. The molecule has 8 heteroatoms. The molecule has 170 valence electrons. The van der Waals surface area contributed by atoms with Gasteiger partial charge in [-0.25, -0.2) is 8.78 Å². The average Bonchev–Trinajstić information content (AvgIpc) is 2.98. The van der Waals surface area contributed by atoms with Crippen LogP contribution in [0.3, 0.4) is 0 Å². The van der Waals surface area contributed by atoms with Gasteiger partial charge in [0.1, 0.15) is 5.56 Å². The highest BCUT2D eigenvalue weighted by Crippen LogP contribution is 2.44. The molecule has 0 unspecified atom stereocenters. The maximum Gasteiger partial charge on any atom is 0.259 e. The molecule has 1 amide bonds. The molecule has 0 aliphatic carbocycles. The van der Waals surface area contributed by atoms with E-state index in [2.05, 4.69) is 0 Å². The van der Waals surface area contributed by atoms with E-state index in [0.717, 1.165) is 16.6 Å². The van der Waals surface area contributed by atoms with Gasteiger partial charge in [0, 0.05) is 47.1 Å². The standard InChI is InChI=1S/C25H22F2N2O3S/c1-15-12-21(30)24(25(31)28-8-10-32-11-9-28)20-14-23(16-6-7-17(26)18(27)13-16)33-22-5-3-2-4-19(22)29(15)20/h2-7,12-13,23H,8-11,14H2,1H3/t23-/m0/s1. The minimum atomic E-state index is -0.920. The summed E-state index contributed by atoms with van der Waals surface area (Å²) in [4.78, 5) is 29.2. The largest absolute Gasteiger partial charge is 0.378 e. The Kier molecular flexibility index (Phi) is 5.80. The SMILES string of the molecule is Cc1cc(=O)c(C(=O)N2CCOCC2)c2n1-c1ccccc1S[C@H](c1ccc(F)c(F)c1)C2. The molecule has 0 saturated carbocycles. The van der Waals surface area contributed by atoms with E-state index < -0.39 is 11.6 Å². The molecule has 3 aromatic rings. The molecular weight excluding hydrogens is 446 g/mol. The Morgan fingerprint density at radius 1 is 1.06 bits per heavy atom. The van der Waals surface area contributed by atoms with Gasteiger partial charge < -0.3 is 14.2 Å². The zero-order chi connectivity index (χ0) is 23.1. The summed E-state index contributed by atoms with van der Waals surface area (Å²) in [5.41, 5.74) is 2.56. The predicted octanol–water partition coefficient (Wildman–Crippen LogP) is 4.29. The number of fused-ring (bicyclic) bond motifs is 3. The fourth-order valence-electron chi connectivity index (χ4n) is 4.49. The molecule has 0 bridgehead atoms. The van der Waals surface area contributed by atoms with Gasteiger partial charge in [0.05, 0.1) is 18.9 Å². The molecule has 5 nitrogen and oxygen atoms in total. The van der Waals surface area contributed by atoms with Crippen LogP contribution in [0.15, 0.2) is 58.2 Å². The number of benzene rings is 2. The summed E-state index contributed by atoms with van der Waals surface area (Å²) in [7, 11) is 0. The summed E-state index contributed by atoms with van der Waals surface area (Å²) in [5.74, 6) is -2.15. The fraction of sp³-hybridized carbons (Fsp3) is 0.280. The topological polar surface area (TPSA) is 51.5 Å². The Bertz CT molecular complexity index is 1300.